The number of nitrogens with zero attached hydrogens (tertiary/aromatic N) is 3. The van der Waals surface area contributed by atoms with Gasteiger partial charge in [-0.05, 0) is 29.7 Å². The third kappa shape index (κ3) is 3.30. The molecule has 2 aromatic rings. The van der Waals surface area contributed by atoms with Gasteiger partial charge in [-0.2, -0.15) is 4.31 Å². The summed E-state index contributed by atoms with van der Waals surface area (Å²) >= 11 is 0. The Morgan fingerprint density at radius 2 is 1.92 bits per heavy atom. The number of rotatable bonds is 4. The SMILES string of the molecule is O=S(=O)(c1cccnc1)N1CCC2=C(C1)NN(Cc1ccccc1)C2. The number of hydrazine groups is 1. The first-order chi connectivity index (χ1) is 12.1. The van der Waals surface area contributed by atoms with E-state index in [1.807, 2.05) is 18.2 Å². The van der Waals surface area contributed by atoms with Crippen molar-refractivity contribution in [2.24, 2.45) is 0 Å². The predicted octanol–water partition coefficient (Wildman–Crippen LogP) is 1.75. The van der Waals surface area contributed by atoms with Crippen molar-refractivity contribution in [3.05, 3.63) is 71.7 Å². The summed E-state index contributed by atoms with van der Waals surface area (Å²) in [5.74, 6) is 0. The molecule has 0 amide bonds. The summed E-state index contributed by atoms with van der Waals surface area (Å²) in [5, 5.41) is 2.14. The van der Waals surface area contributed by atoms with E-state index in [2.05, 4.69) is 27.6 Å². The van der Waals surface area contributed by atoms with Crippen molar-refractivity contribution < 1.29 is 8.42 Å². The Hall–Kier alpha value is -2.22. The number of hydrogen-bond acceptors (Lipinski definition) is 5. The highest BCUT2D eigenvalue weighted by Crippen LogP contribution is 2.27. The Labute approximate surface area is 147 Å². The van der Waals surface area contributed by atoms with E-state index in [4.69, 9.17) is 0 Å². The quantitative estimate of drug-likeness (QED) is 0.904. The monoisotopic (exact) mass is 356 g/mol. The van der Waals surface area contributed by atoms with Crippen LogP contribution in [0, 0.1) is 0 Å². The van der Waals surface area contributed by atoms with Crippen molar-refractivity contribution in [3.8, 4) is 0 Å². The molecule has 2 aliphatic rings. The molecule has 0 fully saturated rings. The summed E-state index contributed by atoms with van der Waals surface area (Å²) in [6.07, 6.45) is 3.74. The second-order valence-electron chi connectivity index (χ2n) is 6.31. The second-order valence-corrected chi connectivity index (χ2v) is 8.25. The van der Waals surface area contributed by atoms with Gasteiger partial charge in [0, 0.05) is 37.7 Å². The van der Waals surface area contributed by atoms with Crippen LogP contribution in [0.5, 0.6) is 0 Å². The number of nitrogens with one attached hydrogen (secondary N) is 1. The van der Waals surface area contributed by atoms with Crippen molar-refractivity contribution in [3.63, 3.8) is 0 Å². The molecule has 1 N–H and O–H groups in total. The molecular weight excluding hydrogens is 336 g/mol. The summed E-state index contributed by atoms with van der Waals surface area (Å²) in [6, 6.07) is 13.5. The van der Waals surface area contributed by atoms with Crippen LogP contribution in [0.2, 0.25) is 0 Å². The standard InChI is InChI=1S/C18H20N4O2S/c23-25(24,17-7-4-9-19-11-17)22-10-8-16-13-21(20-18(16)14-22)12-15-5-2-1-3-6-15/h1-7,9,11,20H,8,10,12-14H2. The molecule has 4 rings (SSSR count). The maximum Gasteiger partial charge on any atom is 0.244 e. The van der Waals surface area contributed by atoms with Crippen LogP contribution in [0.25, 0.3) is 0 Å². The maximum atomic E-state index is 12.8. The molecule has 0 saturated heterocycles. The fourth-order valence-corrected chi connectivity index (χ4v) is 4.65. The average molecular weight is 356 g/mol. The third-order valence-electron chi connectivity index (χ3n) is 4.59. The summed E-state index contributed by atoms with van der Waals surface area (Å²) < 4.78 is 27.1. The van der Waals surface area contributed by atoms with Gasteiger partial charge in [0.15, 0.2) is 0 Å². The number of hydrogen-bond donors (Lipinski definition) is 1. The molecule has 1 aromatic heterocycles. The fourth-order valence-electron chi connectivity index (χ4n) is 3.28. The van der Waals surface area contributed by atoms with E-state index in [1.54, 1.807) is 18.3 Å². The lowest BCUT2D eigenvalue weighted by Crippen LogP contribution is -2.39. The van der Waals surface area contributed by atoms with Crippen molar-refractivity contribution in [1.82, 2.24) is 19.7 Å². The highest BCUT2D eigenvalue weighted by atomic mass is 32.2. The van der Waals surface area contributed by atoms with Gasteiger partial charge in [0.2, 0.25) is 10.0 Å². The minimum Gasteiger partial charge on any atom is -0.321 e. The zero-order valence-electron chi connectivity index (χ0n) is 13.8. The average Bonchev–Trinajstić information content (AvgIpc) is 3.04. The van der Waals surface area contributed by atoms with E-state index in [1.165, 1.54) is 21.6 Å². The van der Waals surface area contributed by atoms with Gasteiger partial charge >= 0.3 is 0 Å². The van der Waals surface area contributed by atoms with Crippen LogP contribution in [0.4, 0.5) is 0 Å². The molecule has 0 unspecified atom stereocenters. The molecule has 0 spiro atoms. The molecule has 0 aliphatic carbocycles. The molecule has 25 heavy (non-hydrogen) atoms. The molecule has 0 radical (unpaired) electrons. The lowest BCUT2D eigenvalue weighted by Gasteiger charge is -2.27. The molecule has 2 aliphatic heterocycles. The number of pyridine rings is 1. The van der Waals surface area contributed by atoms with Crippen LogP contribution in [0.3, 0.4) is 0 Å². The van der Waals surface area contributed by atoms with Gasteiger partial charge in [0.25, 0.3) is 0 Å². The maximum absolute atomic E-state index is 12.8. The summed E-state index contributed by atoms with van der Waals surface area (Å²) in [7, 11) is -3.50. The Bertz CT molecular complexity index is 882. The van der Waals surface area contributed by atoms with Gasteiger partial charge < -0.3 is 5.43 Å². The molecule has 130 valence electrons. The van der Waals surface area contributed by atoms with Gasteiger partial charge in [-0.3, -0.25) is 4.98 Å². The summed E-state index contributed by atoms with van der Waals surface area (Å²) in [5.41, 5.74) is 6.93. The van der Waals surface area contributed by atoms with E-state index in [-0.39, 0.29) is 4.90 Å². The molecule has 3 heterocycles. The fraction of sp³-hybridized carbons (Fsp3) is 0.278. The van der Waals surface area contributed by atoms with Crippen molar-refractivity contribution in [1.29, 1.82) is 0 Å². The Kier molecular flexibility index (Phi) is 4.29. The summed E-state index contributed by atoms with van der Waals surface area (Å²) in [4.78, 5) is 4.18. The minimum atomic E-state index is -3.50. The van der Waals surface area contributed by atoms with E-state index in [0.717, 1.165) is 25.2 Å². The zero-order chi connectivity index (χ0) is 17.3. The topological polar surface area (TPSA) is 65.5 Å². The number of benzene rings is 1. The Morgan fingerprint density at radius 1 is 1.08 bits per heavy atom. The molecule has 1 aromatic carbocycles. The normalized spacial score (nSPS) is 18.9. The number of aromatic nitrogens is 1. The molecule has 7 heteroatoms. The first-order valence-corrected chi connectivity index (χ1v) is 9.73. The zero-order valence-corrected chi connectivity index (χ0v) is 14.6. The minimum absolute atomic E-state index is 0.248. The van der Waals surface area contributed by atoms with Crippen LogP contribution >= 0.6 is 0 Å². The number of sulfonamides is 1. The first-order valence-electron chi connectivity index (χ1n) is 8.29. The highest BCUT2D eigenvalue weighted by molar-refractivity contribution is 7.89. The summed E-state index contributed by atoms with van der Waals surface area (Å²) in [6.45, 7) is 2.53. The lowest BCUT2D eigenvalue weighted by molar-refractivity contribution is 0.245. The van der Waals surface area contributed by atoms with Crippen LogP contribution in [0.15, 0.2) is 71.0 Å². The molecule has 0 atom stereocenters. The van der Waals surface area contributed by atoms with E-state index < -0.39 is 10.0 Å². The van der Waals surface area contributed by atoms with Crippen LogP contribution in [-0.2, 0) is 16.6 Å². The van der Waals surface area contributed by atoms with E-state index >= 15 is 0 Å². The molecule has 0 saturated carbocycles. The van der Waals surface area contributed by atoms with Gasteiger partial charge in [-0.15, -0.1) is 0 Å². The third-order valence-corrected chi connectivity index (χ3v) is 6.42. The largest absolute Gasteiger partial charge is 0.321 e. The van der Waals surface area contributed by atoms with Gasteiger partial charge in [0.05, 0.1) is 6.54 Å². The van der Waals surface area contributed by atoms with Crippen molar-refractivity contribution >= 4 is 10.0 Å². The van der Waals surface area contributed by atoms with Crippen molar-refractivity contribution in [2.75, 3.05) is 19.6 Å². The molecular formula is C18H20N4O2S. The van der Waals surface area contributed by atoms with Crippen LogP contribution in [-0.4, -0.2) is 42.4 Å². The Morgan fingerprint density at radius 3 is 2.68 bits per heavy atom. The van der Waals surface area contributed by atoms with Crippen molar-refractivity contribution in [2.45, 2.75) is 17.9 Å². The second kappa shape index (κ2) is 6.59. The molecule has 6 nitrogen and oxygen atoms in total. The van der Waals surface area contributed by atoms with Crippen LogP contribution in [0.1, 0.15) is 12.0 Å². The lowest BCUT2D eigenvalue weighted by atomic mass is 10.1. The van der Waals surface area contributed by atoms with Gasteiger partial charge in [-0.1, -0.05) is 30.3 Å². The molecule has 0 bridgehead atoms. The first kappa shape index (κ1) is 16.3. The Balaban J connectivity index is 1.45. The van der Waals surface area contributed by atoms with E-state index in [0.29, 0.717) is 13.1 Å². The smallest absolute Gasteiger partial charge is 0.244 e. The predicted molar refractivity (Wildman–Crippen MR) is 94.6 cm³/mol. The highest BCUT2D eigenvalue weighted by Gasteiger charge is 2.33. The van der Waals surface area contributed by atoms with Gasteiger partial charge in [-0.25, -0.2) is 13.4 Å². The van der Waals surface area contributed by atoms with E-state index in [9.17, 15) is 8.42 Å². The van der Waals surface area contributed by atoms with Gasteiger partial charge in [0.1, 0.15) is 4.90 Å². The van der Waals surface area contributed by atoms with Crippen LogP contribution < -0.4 is 5.43 Å².